The van der Waals surface area contributed by atoms with Crippen molar-refractivity contribution in [2.75, 3.05) is 6.54 Å². The molecule has 2 aliphatic rings. The van der Waals surface area contributed by atoms with Crippen LogP contribution in [0, 0.1) is 5.92 Å². The highest BCUT2D eigenvalue weighted by Gasteiger charge is 2.37. The summed E-state index contributed by atoms with van der Waals surface area (Å²) in [6.45, 7) is 6.69. The second-order valence-electron chi connectivity index (χ2n) is 7.21. The molecule has 3 N–H and O–H groups in total. The molecule has 0 aromatic carbocycles. The first-order valence-electron chi connectivity index (χ1n) is 7.64. The van der Waals surface area contributed by atoms with Crippen LogP contribution in [0.1, 0.15) is 52.9 Å². The lowest BCUT2D eigenvalue weighted by atomic mass is 9.85. The van der Waals surface area contributed by atoms with Crippen molar-refractivity contribution >= 4 is 11.8 Å². The number of nitrogens with two attached hydrogens (primary N) is 1. The summed E-state index contributed by atoms with van der Waals surface area (Å²) in [5, 5.41) is 3.04. The fraction of sp³-hybridized carbons (Fsp3) is 0.867. The summed E-state index contributed by atoms with van der Waals surface area (Å²) in [5.41, 5.74) is 5.75. The summed E-state index contributed by atoms with van der Waals surface area (Å²) >= 11 is 0. The van der Waals surface area contributed by atoms with Gasteiger partial charge in [-0.15, -0.1) is 0 Å². The zero-order chi connectivity index (χ0) is 14.9. The van der Waals surface area contributed by atoms with Crippen LogP contribution in [0.4, 0.5) is 0 Å². The molecule has 5 nitrogen and oxygen atoms in total. The van der Waals surface area contributed by atoms with Crippen LogP contribution in [0.15, 0.2) is 0 Å². The van der Waals surface area contributed by atoms with Crippen LogP contribution in [-0.2, 0) is 9.59 Å². The van der Waals surface area contributed by atoms with Gasteiger partial charge in [0.1, 0.15) is 0 Å². The monoisotopic (exact) mass is 281 g/mol. The number of hydrogen-bond acceptors (Lipinski definition) is 3. The number of hydrogen-bond donors (Lipinski definition) is 2. The van der Waals surface area contributed by atoms with Crippen molar-refractivity contribution in [1.29, 1.82) is 0 Å². The van der Waals surface area contributed by atoms with E-state index in [-0.39, 0.29) is 35.4 Å². The van der Waals surface area contributed by atoms with Gasteiger partial charge in [0.15, 0.2) is 0 Å². The third-order valence-corrected chi connectivity index (χ3v) is 4.37. The number of nitrogens with one attached hydrogen (secondary N) is 1. The molecule has 5 heteroatoms. The lowest BCUT2D eigenvalue weighted by molar-refractivity contribution is -0.131. The minimum Gasteiger partial charge on any atom is -0.351 e. The molecule has 1 saturated carbocycles. The maximum atomic E-state index is 12.3. The van der Waals surface area contributed by atoms with Crippen LogP contribution >= 0.6 is 0 Å². The number of likely N-dealkylation sites (tertiary alicyclic amines) is 1. The molecule has 0 aromatic rings. The molecule has 0 bridgehead atoms. The van der Waals surface area contributed by atoms with Gasteiger partial charge in [-0.05, 0) is 40.0 Å². The Morgan fingerprint density at radius 3 is 2.60 bits per heavy atom. The molecule has 2 rings (SSSR count). The molecule has 1 aliphatic heterocycles. The molecule has 1 saturated heterocycles. The first kappa shape index (κ1) is 15.3. The van der Waals surface area contributed by atoms with Crippen molar-refractivity contribution in [3.63, 3.8) is 0 Å². The third kappa shape index (κ3) is 3.51. The summed E-state index contributed by atoms with van der Waals surface area (Å²) in [6, 6.07) is 0.100. The van der Waals surface area contributed by atoms with Gasteiger partial charge in [0.25, 0.3) is 0 Å². The minimum absolute atomic E-state index is 0.0255. The van der Waals surface area contributed by atoms with Crippen LogP contribution < -0.4 is 11.1 Å². The summed E-state index contributed by atoms with van der Waals surface area (Å²) < 4.78 is 0. The Morgan fingerprint density at radius 2 is 2.05 bits per heavy atom. The molecule has 114 valence electrons. The van der Waals surface area contributed by atoms with E-state index in [1.54, 1.807) is 0 Å². The minimum atomic E-state index is -0.177. The lowest BCUT2D eigenvalue weighted by Gasteiger charge is -2.32. The average Bonchev–Trinajstić information content (AvgIpc) is 2.70. The molecule has 0 aromatic heterocycles. The van der Waals surface area contributed by atoms with Crippen LogP contribution in [0.2, 0.25) is 0 Å². The van der Waals surface area contributed by atoms with Crippen LogP contribution in [-0.4, -0.2) is 40.9 Å². The van der Waals surface area contributed by atoms with Crippen molar-refractivity contribution in [3.8, 4) is 0 Å². The number of carbonyl (C=O) groups excluding carboxylic acids is 2. The van der Waals surface area contributed by atoms with Gasteiger partial charge in [0, 0.05) is 30.5 Å². The molecule has 0 radical (unpaired) electrons. The Hall–Kier alpha value is -1.10. The smallest absolute Gasteiger partial charge is 0.225 e. The van der Waals surface area contributed by atoms with Crippen LogP contribution in [0.25, 0.3) is 0 Å². The largest absolute Gasteiger partial charge is 0.351 e. The normalized spacial score (nSPS) is 31.5. The molecule has 1 aliphatic carbocycles. The van der Waals surface area contributed by atoms with Crippen molar-refractivity contribution in [1.82, 2.24) is 10.2 Å². The lowest BCUT2D eigenvalue weighted by Crippen LogP contribution is -2.46. The van der Waals surface area contributed by atoms with E-state index in [4.69, 9.17) is 5.73 Å². The molecular weight excluding hydrogens is 254 g/mol. The van der Waals surface area contributed by atoms with Gasteiger partial charge in [-0.1, -0.05) is 6.42 Å². The quantitative estimate of drug-likeness (QED) is 0.793. The van der Waals surface area contributed by atoms with Gasteiger partial charge in [-0.25, -0.2) is 0 Å². The molecule has 2 amide bonds. The fourth-order valence-corrected chi connectivity index (χ4v) is 3.24. The Labute approximate surface area is 121 Å². The fourth-order valence-electron chi connectivity index (χ4n) is 3.24. The molecule has 3 atom stereocenters. The van der Waals surface area contributed by atoms with Gasteiger partial charge in [-0.2, -0.15) is 0 Å². The first-order chi connectivity index (χ1) is 9.27. The molecule has 1 heterocycles. The second kappa shape index (κ2) is 5.72. The van der Waals surface area contributed by atoms with Crippen molar-refractivity contribution in [3.05, 3.63) is 0 Å². The van der Waals surface area contributed by atoms with Gasteiger partial charge in [0.05, 0.1) is 6.04 Å². The zero-order valence-corrected chi connectivity index (χ0v) is 12.8. The molecule has 3 unspecified atom stereocenters. The van der Waals surface area contributed by atoms with E-state index in [2.05, 4.69) is 5.32 Å². The van der Waals surface area contributed by atoms with E-state index < -0.39 is 0 Å². The van der Waals surface area contributed by atoms with Gasteiger partial charge in [-0.3, -0.25) is 9.59 Å². The van der Waals surface area contributed by atoms with Gasteiger partial charge in [0.2, 0.25) is 11.8 Å². The summed E-state index contributed by atoms with van der Waals surface area (Å²) in [5.74, 6) is 0.231. The number of carbonyl (C=O) groups is 2. The van der Waals surface area contributed by atoms with Crippen molar-refractivity contribution in [2.45, 2.75) is 70.5 Å². The number of amides is 2. The van der Waals surface area contributed by atoms with E-state index in [9.17, 15) is 9.59 Å². The Bertz CT molecular complexity index is 389. The van der Waals surface area contributed by atoms with Gasteiger partial charge >= 0.3 is 0 Å². The van der Waals surface area contributed by atoms with E-state index in [0.717, 1.165) is 25.7 Å². The van der Waals surface area contributed by atoms with Gasteiger partial charge < -0.3 is 16.0 Å². The van der Waals surface area contributed by atoms with E-state index >= 15 is 0 Å². The Balaban J connectivity index is 1.88. The maximum absolute atomic E-state index is 12.3. The highest BCUT2D eigenvalue weighted by Crippen LogP contribution is 2.25. The molecule has 2 fully saturated rings. The van der Waals surface area contributed by atoms with E-state index in [1.165, 1.54) is 0 Å². The van der Waals surface area contributed by atoms with E-state index in [0.29, 0.717) is 13.0 Å². The summed E-state index contributed by atoms with van der Waals surface area (Å²) in [4.78, 5) is 26.1. The zero-order valence-electron chi connectivity index (χ0n) is 12.8. The topological polar surface area (TPSA) is 75.4 Å². The number of rotatable bonds is 2. The maximum Gasteiger partial charge on any atom is 0.225 e. The Kier molecular flexibility index (Phi) is 4.37. The molecule has 0 spiro atoms. The predicted molar refractivity (Wildman–Crippen MR) is 77.9 cm³/mol. The summed E-state index contributed by atoms with van der Waals surface area (Å²) in [6.07, 6.45) is 4.15. The highest BCUT2D eigenvalue weighted by molar-refractivity contribution is 5.83. The first-order valence-corrected chi connectivity index (χ1v) is 7.64. The molecular formula is C15H27N3O2. The summed E-state index contributed by atoms with van der Waals surface area (Å²) in [7, 11) is 0. The van der Waals surface area contributed by atoms with Crippen LogP contribution in [0.3, 0.4) is 0 Å². The van der Waals surface area contributed by atoms with Crippen molar-refractivity contribution < 1.29 is 9.59 Å². The SMILES string of the molecule is CC(C)(C)N1CC(NC(=O)C2CCCC(N)C2)CC1=O. The number of nitrogens with zero attached hydrogens (tertiary/aromatic N) is 1. The molecule has 20 heavy (non-hydrogen) atoms. The second-order valence-corrected chi connectivity index (χ2v) is 7.21. The van der Waals surface area contributed by atoms with E-state index in [1.807, 2.05) is 25.7 Å². The van der Waals surface area contributed by atoms with Crippen LogP contribution in [0.5, 0.6) is 0 Å². The standard InChI is InChI=1S/C15H27N3O2/c1-15(2,3)18-9-12(8-13(18)19)17-14(20)10-5-4-6-11(16)7-10/h10-12H,4-9,16H2,1-3H3,(H,17,20). The predicted octanol–water partition coefficient (Wildman–Crippen LogP) is 1.02. The third-order valence-electron chi connectivity index (χ3n) is 4.37. The Morgan fingerprint density at radius 1 is 1.35 bits per heavy atom. The highest BCUT2D eigenvalue weighted by atomic mass is 16.2. The van der Waals surface area contributed by atoms with Crippen molar-refractivity contribution in [2.24, 2.45) is 11.7 Å². The average molecular weight is 281 g/mol.